The first-order valence-corrected chi connectivity index (χ1v) is 5.93. The molecule has 2 bridgehead atoms. The third-order valence-corrected chi connectivity index (χ3v) is 4.55. The average molecular weight is 205 g/mol. The van der Waals surface area contributed by atoms with Gasteiger partial charge in [-0.3, -0.25) is 0 Å². The topological polar surface area (TPSA) is 89.4 Å². The van der Waals surface area contributed by atoms with Crippen molar-refractivity contribution in [2.24, 2.45) is 16.8 Å². The molecular weight excluding hydrogens is 190 g/mol. The van der Waals surface area contributed by atoms with Crippen LogP contribution in [0.25, 0.3) is 0 Å². The van der Waals surface area contributed by atoms with Crippen LogP contribution >= 0.6 is 0 Å². The maximum absolute atomic E-state index is 11.3. The van der Waals surface area contributed by atoms with Crippen LogP contribution in [0, 0.1) is 5.92 Å². The number of nitrogens with zero attached hydrogens (tertiary/aromatic N) is 1. The summed E-state index contributed by atoms with van der Waals surface area (Å²) in [6, 6.07) is 0. The zero-order valence-electron chi connectivity index (χ0n) is 7.60. The number of hydrogen-bond donors (Lipinski definition) is 2. The van der Waals surface area contributed by atoms with Gasteiger partial charge in [0.05, 0.1) is 6.17 Å². The van der Waals surface area contributed by atoms with Crippen LogP contribution in [0.5, 0.6) is 0 Å². The third-order valence-electron chi connectivity index (χ3n) is 3.32. The minimum Gasteiger partial charge on any atom is -0.315 e. The fourth-order valence-corrected chi connectivity index (χ4v) is 4.08. The molecule has 1 aliphatic carbocycles. The molecule has 13 heavy (non-hydrogen) atoms. The van der Waals surface area contributed by atoms with E-state index < -0.39 is 16.4 Å². The summed E-state index contributed by atoms with van der Waals surface area (Å²) in [7, 11) is -3.63. The Morgan fingerprint density at radius 2 is 2.15 bits per heavy atom. The molecule has 0 amide bonds. The minimum atomic E-state index is -3.63. The highest BCUT2D eigenvalue weighted by Crippen LogP contribution is 2.49. The highest BCUT2D eigenvalue weighted by Gasteiger charge is 2.56. The summed E-state index contributed by atoms with van der Waals surface area (Å²) >= 11 is 0. The molecule has 0 spiro atoms. The molecule has 5 nitrogen and oxygen atoms in total. The molecule has 1 heterocycles. The molecule has 0 aromatic heterocycles. The molecule has 1 saturated heterocycles. The van der Waals surface area contributed by atoms with Gasteiger partial charge in [0, 0.05) is 5.54 Å². The van der Waals surface area contributed by atoms with Crippen LogP contribution in [0.15, 0.2) is 0 Å². The van der Waals surface area contributed by atoms with E-state index in [0.717, 1.165) is 19.3 Å². The number of piperidine rings is 1. The van der Waals surface area contributed by atoms with Crippen LogP contribution in [0.2, 0.25) is 0 Å². The first-order valence-electron chi connectivity index (χ1n) is 4.42. The first-order chi connectivity index (χ1) is 5.84. The van der Waals surface area contributed by atoms with Crippen LogP contribution < -0.4 is 10.9 Å². The van der Waals surface area contributed by atoms with Crippen molar-refractivity contribution in [3.05, 3.63) is 0 Å². The molecule has 1 aliphatic heterocycles. The van der Waals surface area contributed by atoms with Crippen molar-refractivity contribution in [1.29, 1.82) is 0 Å². The van der Waals surface area contributed by atoms with Crippen LogP contribution in [0.1, 0.15) is 26.2 Å². The summed E-state index contributed by atoms with van der Waals surface area (Å²) in [5, 5.41) is 5.12. The second-order valence-corrected chi connectivity index (χ2v) is 5.75. The van der Waals surface area contributed by atoms with Crippen molar-refractivity contribution in [1.82, 2.24) is 4.31 Å². The van der Waals surface area contributed by atoms with Gasteiger partial charge in [-0.15, -0.1) is 0 Å². The monoisotopic (exact) mass is 205 g/mol. The van der Waals surface area contributed by atoms with Gasteiger partial charge in [0.1, 0.15) is 0 Å². The van der Waals surface area contributed by atoms with E-state index in [1.807, 2.05) is 6.92 Å². The fourth-order valence-electron chi connectivity index (χ4n) is 2.79. The van der Waals surface area contributed by atoms with Crippen molar-refractivity contribution in [3.63, 3.8) is 0 Å². The Kier molecular flexibility index (Phi) is 1.76. The van der Waals surface area contributed by atoms with Gasteiger partial charge in [0.25, 0.3) is 10.2 Å². The van der Waals surface area contributed by atoms with Crippen LogP contribution in [-0.4, -0.2) is 24.4 Å². The van der Waals surface area contributed by atoms with E-state index in [0.29, 0.717) is 5.92 Å². The molecular formula is C7H15N3O2S. The zero-order valence-corrected chi connectivity index (χ0v) is 8.42. The lowest BCUT2D eigenvalue weighted by atomic mass is 10.0. The molecule has 4 N–H and O–H groups in total. The molecule has 0 aromatic carbocycles. The Morgan fingerprint density at radius 1 is 1.54 bits per heavy atom. The Bertz CT molecular complexity index is 329. The van der Waals surface area contributed by atoms with E-state index in [2.05, 4.69) is 0 Å². The fraction of sp³-hybridized carbons (Fsp3) is 1.00. The van der Waals surface area contributed by atoms with Crippen LogP contribution in [-0.2, 0) is 10.2 Å². The van der Waals surface area contributed by atoms with E-state index >= 15 is 0 Å². The number of rotatable bonds is 1. The lowest BCUT2D eigenvalue weighted by molar-refractivity contribution is 0.180. The summed E-state index contributed by atoms with van der Waals surface area (Å²) in [5.74, 6) is 0.295. The molecule has 76 valence electrons. The first kappa shape index (κ1) is 9.39. The molecule has 1 saturated carbocycles. The largest absolute Gasteiger partial charge is 0.315 e. The summed E-state index contributed by atoms with van der Waals surface area (Å²) in [6.45, 7) is 1.92. The van der Waals surface area contributed by atoms with E-state index in [1.165, 1.54) is 4.31 Å². The molecule has 2 aliphatic rings. The van der Waals surface area contributed by atoms with Crippen molar-refractivity contribution in [3.8, 4) is 0 Å². The normalized spacial score (nSPS) is 45.8. The van der Waals surface area contributed by atoms with E-state index in [9.17, 15) is 8.42 Å². The Labute approximate surface area is 78.3 Å². The number of fused-ring (bicyclic) bond motifs is 2. The van der Waals surface area contributed by atoms with E-state index in [4.69, 9.17) is 10.9 Å². The number of hydrogen-bond acceptors (Lipinski definition) is 3. The summed E-state index contributed by atoms with van der Waals surface area (Å²) in [5.41, 5.74) is 5.48. The van der Waals surface area contributed by atoms with Crippen molar-refractivity contribution in [2.75, 3.05) is 0 Å². The second kappa shape index (κ2) is 2.44. The summed E-state index contributed by atoms with van der Waals surface area (Å²) in [4.78, 5) is 0. The van der Waals surface area contributed by atoms with Crippen molar-refractivity contribution >= 4 is 10.2 Å². The van der Waals surface area contributed by atoms with Gasteiger partial charge in [-0.05, 0) is 32.1 Å². The van der Waals surface area contributed by atoms with Gasteiger partial charge in [-0.2, -0.15) is 12.7 Å². The highest BCUT2D eigenvalue weighted by atomic mass is 32.2. The van der Waals surface area contributed by atoms with Crippen molar-refractivity contribution < 1.29 is 8.42 Å². The lowest BCUT2D eigenvalue weighted by Crippen LogP contribution is -2.56. The number of nitrogens with two attached hydrogens (primary N) is 2. The molecule has 0 radical (unpaired) electrons. The zero-order chi connectivity index (χ0) is 9.85. The molecule has 2 fully saturated rings. The molecule has 6 heteroatoms. The maximum Gasteiger partial charge on any atom is 0.278 e. The van der Waals surface area contributed by atoms with E-state index in [-0.39, 0.29) is 5.54 Å². The van der Waals surface area contributed by atoms with Gasteiger partial charge in [0.15, 0.2) is 0 Å². The van der Waals surface area contributed by atoms with Crippen LogP contribution in [0.4, 0.5) is 0 Å². The standard InChI is InChI=1S/C7H15N3O2S/c1-7-3-2-5(4-7)6(8)10(7)13(9,11)12/h5-6H,2-4,8H2,1H3,(H2,9,11,12). The predicted octanol–water partition coefficient (Wildman–Crippen LogP) is -0.651. The van der Waals surface area contributed by atoms with Gasteiger partial charge in [0.2, 0.25) is 0 Å². The molecule has 3 unspecified atom stereocenters. The van der Waals surface area contributed by atoms with E-state index in [1.54, 1.807) is 0 Å². The van der Waals surface area contributed by atoms with Gasteiger partial charge in [-0.1, -0.05) is 0 Å². The third kappa shape index (κ3) is 1.20. The quantitative estimate of drug-likeness (QED) is 0.596. The highest BCUT2D eigenvalue weighted by molar-refractivity contribution is 7.86. The maximum atomic E-state index is 11.3. The molecule has 0 aromatic rings. The van der Waals surface area contributed by atoms with Crippen molar-refractivity contribution in [2.45, 2.75) is 37.9 Å². The van der Waals surface area contributed by atoms with Gasteiger partial charge < -0.3 is 5.73 Å². The average Bonchev–Trinajstić information content (AvgIpc) is 2.37. The Morgan fingerprint density at radius 3 is 2.46 bits per heavy atom. The second-order valence-electron chi connectivity index (χ2n) is 4.33. The SMILES string of the molecule is CC12CCC(C1)C(N)N2S(N)(=O)=O. The summed E-state index contributed by atoms with van der Waals surface area (Å²) in [6.07, 6.45) is 2.34. The smallest absolute Gasteiger partial charge is 0.278 e. The predicted molar refractivity (Wildman–Crippen MR) is 48.7 cm³/mol. The Balaban J connectivity index is 2.40. The van der Waals surface area contributed by atoms with Gasteiger partial charge >= 0.3 is 0 Å². The van der Waals surface area contributed by atoms with Crippen LogP contribution in [0.3, 0.4) is 0 Å². The van der Waals surface area contributed by atoms with Gasteiger partial charge in [-0.25, -0.2) is 5.14 Å². The molecule has 2 rings (SSSR count). The summed E-state index contributed by atoms with van der Waals surface area (Å²) < 4.78 is 23.8. The lowest BCUT2D eigenvalue weighted by Gasteiger charge is -2.36. The Hall–Kier alpha value is -0.170. The molecule has 3 atom stereocenters. The minimum absolute atomic E-state index is 0.295.